The SMILES string of the molecule is C=C(C)CNCc1ccc(OC(F)F)cc1. The fourth-order valence-electron chi connectivity index (χ4n) is 1.21. The van der Waals surface area contributed by atoms with Gasteiger partial charge in [-0.15, -0.1) is 0 Å². The van der Waals surface area contributed by atoms with Crippen LogP contribution in [0.25, 0.3) is 0 Å². The summed E-state index contributed by atoms with van der Waals surface area (Å²) in [7, 11) is 0. The summed E-state index contributed by atoms with van der Waals surface area (Å²) < 4.78 is 28.0. The molecule has 0 aliphatic heterocycles. The molecule has 0 unspecified atom stereocenters. The molecule has 1 aromatic rings. The van der Waals surface area contributed by atoms with E-state index in [1.54, 1.807) is 12.1 Å². The van der Waals surface area contributed by atoms with Crippen molar-refractivity contribution < 1.29 is 13.5 Å². The van der Waals surface area contributed by atoms with E-state index in [1.807, 2.05) is 6.92 Å². The van der Waals surface area contributed by atoms with Crippen molar-refractivity contribution >= 4 is 0 Å². The Morgan fingerprint density at radius 2 is 2.00 bits per heavy atom. The van der Waals surface area contributed by atoms with Crippen molar-refractivity contribution in [2.24, 2.45) is 0 Å². The van der Waals surface area contributed by atoms with Crippen LogP contribution in [0.4, 0.5) is 8.78 Å². The Labute approximate surface area is 93.9 Å². The van der Waals surface area contributed by atoms with Gasteiger partial charge in [0.15, 0.2) is 0 Å². The molecule has 0 heterocycles. The molecular formula is C12H15F2NO. The second kappa shape index (κ2) is 6.23. The normalized spacial score (nSPS) is 10.5. The van der Waals surface area contributed by atoms with Gasteiger partial charge in [0.1, 0.15) is 5.75 Å². The van der Waals surface area contributed by atoms with Gasteiger partial charge >= 0.3 is 6.61 Å². The van der Waals surface area contributed by atoms with Crippen LogP contribution in [0.2, 0.25) is 0 Å². The molecule has 0 aliphatic rings. The van der Waals surface area contributed by atoms with Crippen LogP contribution in [-0.2, 0) is 6.54 Å². The first-order valence-electron chi connectivity index (χ1n) is 4.97. The summed E-state index contributed by atoms with van der Waals surface area (Å²) in [5, 5.41) is 3.17. The van der Waals surface area contributed by atoms with Gasteiger partial charge in [-0.2, -0.15) is 8.78 Å². The van der Waals surface area contributed by atoms with Crippen molar-refractivity contribution in [2.75, 3.05) is 6.54 Å². The molecule has 1 aromatic carbocycles. The summed E-state index contributed by atoms with van der Waals surface area (Å²) >= 11 is 0. The van der Waals surface area contributed by atoms with Crippen LogP contribution in [0.15, 0.2) is 36.4 Å². The van der Waals surface area contributed by atoms with Gasteiger partial charge in [-0.05, 0) is 24.6 Å². The van der Waals surface area contributed by atoms with Crippen LogP contribution >= 0.6 is 0 Å². The molecule has 1 N–H and O–H groups in total. The maximum absolute atomic E-state index is 11.9. The Kier molecular flexibility index (Phi) is 4.92. The third kappa shape index (κ3) is 4.89. The van der Waals surface area contributed by atoms with Gasteiger partial charge in [-0.3, -0.25) is 0 Å². The van der Waals surface area contributed by atoms with Crippen LogP contribution in [-0.4, -0.2) is 13.2 Å². The predicted octanol–water partition coefficient (Wildman–Crippen LogP) is 2.95. The number of benzene rings is 1. The van der Waals surface area contributed by atoms with Gasteiger partial charge in [0, 0.05) is 13.1 Å². The minimum Gasteiger partial charge on any atom is -0.435 e. The zero-order chi connectivity index (χ0) is 12.0. The summed E-state index contributed by atoms with van der Waals surface area (Å²) in [4.78, 5) is 0. The summed E-state index contributed by atoms with van der Waals surface area (Å²) in [5.41, 5.74) is 2.07. The maximum atomic E-state index is 11.9. The lowest BCUT2D eigenvalue weighted by atomic mass is 10.2. The highest BCUT2D eigenvalue weighted by atomic mass is 19.3. The van der Waals surface area contributed by atoms with Gasteiger partial charge < -0.3 is 10.1 Å². The Bertz CT molecular complexity index is 335. The van der Waals surface area contributed by atoms with E-state index < -0.39 is 6.61 Å². The Morgan fingerprint density at radius 3 is 2.50 bits per heavy atom. The fourth-order valence-corrected chi connectivity index (χ4v) is 1.21. The average molecular weight is 227 g/mol. The van der Waals surface area contributed by atoms with Crippen LogP contribution in [0, 0.1) is 0 Å². The van der Waals surface area contributed by atoms with Crippen molar-refractivity contribution in [1.29, 1.82) is 0 Å². The lowest BCUT2D eigenvalue weighted by Gasteiger charge is -2.07. The van der Waals surface area contributed by atoms with Crippen molar-refractivity contribution in [1.82, 2.24) is 5.32 Å². The number of hydrogen-bond donors (Lipinski definition) is 1. The summed E-state index contributed by atoms with van der Waals surface area (Å²) in [6, 6.07) is 6.57. The molecule has 0 aromatic heterocycles. The number of rotatable bonds is 6. The molecule has 0 saturated carbocycles. The van der Waals surface area contributed by atoms with E-state index in [4.69, 9.17) is 0 Å². The number of alkyl halides is 2. The molecule has 0 radical (unpaired) electrons. The van der Waals surface area contributed by atoms with Gasteiger partial charge in [0.2, 0.25) is 0 Å². The van der Waals surface area contributed by atoms with E-state index in [0.717, 1.165) is 17.7 Å². The lowest BCUT2D eigenvalue weighted by molar-refractivity contribution is -0.0498. The molecule has 0 amide bonds. The van der Waals surface area contributed by atoms with Crippen molar-refractivity contribution in [3.05, 3.63) is 42.0 Å². The van der Waals surface area contributed by atoms with Crippen LogP contribution in [0.3, 0.4) is 0 Å². The molecule has 0 atom stereocenters. The largest absolute Gasteiger partial charge is 0.435 e. The molecule has 0 spiro atoms. The summed E-state index contributed by atoms with van der Waals surface area (Å²) in [6.07, 6.45) is 0. The third-order valence-electron chi connectivity index (χ3n) is 1.90. The Balaban J connectivity index is 2.42. The number of nitrogens with one attached hydrogen (secondary N) is 1. The molecule has 0 bridgehead atoms. The zero-order valence-corrected chi connectivity index (χ0v) is 9.17. The second-order valence-electron chi connectivity index (χ2n) is 3.58. The van der Waals surface area contributed by atoms with E-state index in [0.29, 0.717) is 6.54 Å². The summed E-state index contributed by atoms with van der Waals surface area (Å²) in [6.45, 7) is 4.36. The first kappa shape index (κ1) is 12.6. The van der Waals surface area contributed by atoms with Gasteiger partial charge in [0.05, 0.1) is 0 Å². The average Bonchev–Trinajstić information content (AvgIpc) is 2.19. The molecule has 1 rings (SSSR count). The molecule has 16 heavy (non-hydrogen) atoms. The number of ether oxygens (including phenoxy) is 1. The van der Waals surface area contributed by atoms with Gasteiger partial charge in [0.25, 0.3) is 0 Å². The highest BCUT2D eigenvalue weighted by Gasteiger charge is 2.03. The second-order valence-corrected chi connectivity index (χ2v) is 3.58. The summed E-state index contributed by atoms with van der Waals surface area (Å²) in [5.74, 6) is 0.179. The topological polar surface area (TPSA) is 21.3 Å². The third-order valence-corrected chi connectivity index (χ3v) is 1.90. The minimum atomic E-state index is -2.77. The molecule has 0 saturated heterocycles. The van der Waals surface area contributed by atoms with E-state index in [1.165, 1.54) is 12.1 Å². The molecule has 88 valence electrons. The Morgan fingerprint density at radius 1 is 1.38 bits per heavy atom. The molecule has 4 heteroatoms. The van der Waals surface area contributed by atoms with E-state index in [-0.39, 0.29) is 5.75 Å². The lowest BCUT2D eigenvalue weighted by Crippen LogP contribution is -2.15. The highest BCUT2D eigenvalue weighted by molar-refractivity contribution is 5.27. The highest BCUT2D eigenvalue weighted by Crippen LogP contribution is 2.14. The van der Waals surface area contributed by atoms with E-state index in [9.17, 15) is 8.78 Å². The minimum absolute atomic E-state index is 0.179. The number of halogens is 2. The standard InChI is InChI=1S/C12H15F2NO/c1-9(2)7-15-8-10-3-5-11(6-4-10)16-12(13)14/h3-6,12,15H,1,7-8H2,2H3. The van der Waals surface area contributed by atoms with E-state index >= 15 is 0 Å². The van der Waals surface area contributed by atoms with E-state index in [2.05, 4.69) is 16.6 Å². The van der Waals surface area contributed by atoms with Crippen LogP contribution in [0.5, 0.6) is 5.75 Å². The van der Waals surface area contributed by atoms with Crippen molar-refractivity contribution in [2.45, 2.75) is 20.1 Å². The molecule has 0 fully saturated rings. The fraction of sp³-hybridized carbons (Fsp3) is 0.333. The molecular weight excluding hydrogens is 212 g/mol. The quantitative estimate of drug-likeness (QED) is 0.754. The molecule has 0 aliphatic carbocycles. The van der Waals surface area contributed by atoms with Crippen molar-refractivity contribution in [3.63, 3.8) is 0 Å². The predicted molar refractivity (Wildman–Crippen MR) is 59.6 cm³/mol. The van der Waals surface area contributed by atoms with Crippen molar-refractivity contribution in [3.8, 4) is 5.75 Å². The monoisotopic (exact) mass is 227 g/mol. The first-order chi connectivity index (χ1) is 7.58. The van der Waals surface area contributed by atoms with Crippen LogP contribution < -0.4 is 10.1 Å². The molecule has 2 nitrogen and oxygen atoms in total. The zero-order valence-electron chi connectivity index (χ0n) is 9.17. The Hall–Kier alpha value is -1.42. The van der Waals surface area contributed by atoms with Crippen LogP contribution in [0.1, 0.15) is 12.5 Å². The number of hydrogen-bond acceptors (Lipinski definition) is 2. The maximum Gasteiger partial charge on any atom is 0.387 e. The van der Waals surface area contributed by atoms with Gasteiger partial charge in [-0.1, -0.05) is 24.3 Å². The smallest absolute Gasteiger partial charge is 0.387 e. The van der Waals surface area contributed by atoms with Gasteiger partial charge in [-0.25, -0.2) is 0 Å². The first-order valence-corrected chi connectivity index (χ1v) is 4.97.